The van der Waals surface area contributed by atoms with E-state index in [2.05, 4.69) is 42.0 Å². The number of carboxylic acids is 1. The molecule has 0 saturated heterocycles. The molecule has 1 aromatic heterocycles. The van der Waals surface area contributed by atoms with Gasteiger partial charge in [0.25, 0.3) is 0 Å². The molecule has 1 aromatic carbocycles. The standard InChI is InChI=1S/C22H24N2O3/c1-4-5-17(21(25)26)19-13-16(14-23-24-19)7-6-15-8-9-20-18(12-15)22(2,3)10-11-27-20/h8-9,12-14,17H,4-5,10-11H2,1-3H3,(H,25,26). The minimum atomic E-state index is -0.881. The van der Waals surface area contributed by atoms with Gasteiger partial charge >= 0.3 is 5.97 Å². The largest absolute Gasteiger partial charge is 0.493 e. The van der Waals surface area contributed by atoms with Crippen molar-refractivity contribution in [2.75, 3.05) is 6.61 Å². The number of fused-ring (bicyclic) bond motifs is 1. The van der Waals surface area contributed by atoms with Crippen molar-refractivity contribution in [3.63, 3.8) is 0 Å². The second-order valence-corrected chi connectivity index (χ2v) is 7.49. The summed E-state index contributed by atoms with van der Waals surface area (Å²) in [6.45, 7) is 7.11. The van der Waals surface area contributed by atoms with E-state index in [4.69, 9.17) is 4.74 Å². The lowest BCUT2D eigenvalue weighted by atomic mass is 9.79. The van der Waals surface area contributed by atoms with E-state index >= 15 is 0 Å². The predicted octanol–water partition coefficient (Wildman–Crippen LogP) is 3.90. The second-order valence-electron chi connectivity index (χ2n) is 7.49. The van der Waals surface area contributed by atoms with Crippen LogP contribution in [0.2, 0.25) is 0 Å². The summed E-state index contributed by atoms with van der Waals surface area (Å²) in [6.07, 6.45) is 3.83. The summed E-state index contributed by atoms with van der Waals surface area (Å²) < 4.78 is 5.74. The van der Waals surface area contributed by atoms with Crippen LogP contribution in [-0.2, 0) is 10.2 Å². The molecule has 1 aliphatic heterocycles. The van der Waals surface area contributed by atoms with Gasteiger partial charge in [-0.1, -0.05) is 39.0 Å². The van der Waals surface area contributed by atoms with Gasteiger partial charge in [-0.05, 0) is 42.5 Å². The van der Waals surface area contributed by atoms with Crippen LogP contribution in [0.3, 0.4) is 0 Å². The molecule has 1 aliphatic rings. The molecule has 0 radical (unpaired) electrons. The van der Waals surface area contributed by atoms with Crippen molar-refractivity contribution in [2.45, 2.75) is 51.4 Å². The Bertz CT molecular complexity index is 909. The summed E-state index contributed by atoms with van der Waals surface area (Å²) in [5.41, 5.74) is 3.25. The van der Waals surface area contributed by atoms with Gasteiger partial charge in [0.15, 0.2) is 0 Å². The number of aromatic nitrogens is 2. The molecule has 140 valence electrons. The first-order valence-corrected chi connectivity index (χ1v) is 9.25. The van der Waals surface area contributed by atoms with Crippen LogP contribution in [0.15, 0.2) is 30.5 Å². The molecular weight excluding hydrogens is 340 g/mol. The number of hydrogen-bond acceptors (Lipinski definition) is 4. The molecule has 5 nitrogen and oxygen atoms in total. The number of carboxylic acid groups (broad SMARTS) is 1. The van der Waals surface area contributed by atoms with E-state index in [-0.39, 0.29) is 5.41 Å². The number of aliphatic carboxylic acids is 1. The van der Waals surface area contributed by atoms with Crippen molar-refractivity contribution in [3.05, 3.63) is 52.8 Å². The highest BCUT2D eigenvalue weighted by atomic mass is 16.5. The molecule has 1 atom stereocenters. The van der Waals surface area contributed by atoms with Crippen LogP contribution in [0.25, 0.3) is 0 Å². The van der Waals surface area contributed by atoms with Crippen LogP contribution in [0.1, 0.15) is 68.3 Å². The van der Waals surface area contributed by atoms with Crippen molar-refractivity contribution < 1.29 is 14.6 Å². The lowest BCUT2D eigenvalue weighted by Gasteiger charge is -2.32. The Morgan fingerprint density at radius 3 is 2.81 bits per heavy atom. The van der Waals surface area contributed by atoms with Crippen LogP contribution < -0.4 is 4.74 Å². The van der Waals surface area contributed by atoms with E-state index in [1.165, 1.54) is 5.56 Å². The van der Waals surface area contributed by atoms with Crippen LogP contribution in [0.4, 0.5) is 0 Å². The quantitative estimate of drug-likeness (QED) is 0.833. The minimum Gasteiger partial charge on any atom is -0.493 e. The van der Waals surface area contributed by atoms with E-state index in [1.807, 2.05) is 19.1 Å². The average molecular weight is 364 g/mol. The zero-order chi connectivity index (χ0) is 19.4. The molecule has 27 heavy (non-hydrogen) atoms. The summed E-state index contributed by atoms with van der Waals surface area (Å²) in [5.74, 6) is 5.64. The van der Waals surface area contributed by atoms with Gasteiger partial charge in [0.1, 0.15) is 11.7 Å². The maximum atomic E-state index is 11.5. The van der Waals surface area contributed by atoms with Gasteiger partial charge in [0.05, 0.1) is 18.5 Å². The fourth-order valence-corrected chi connectivity index (χ4v) is 3.27. The SMILES string of the molecule is CCCC(C(=O)O)c1cc(C#Cc2ccc3c(c2)C(C)(C)CCO3)cnn1. The number of rotatable bonds is 4. The van der Waals surface area contributed by atoms with Gasteiger partial charge < -0.3 is 9.84 Å². The van der Waals surface area contributed by atoms with Crippen molar-refractivity contribution in [1.29, 1.82) is 0 Å². The Kier molecular flexibility index (Phi) is 5.46. The molecule has 5 heteroatoms. The maximum absolute atomic E-state index is 11.5. The number of carbonyl (C=O) groups is 1. The van der Waals surface area contributed by atoms with E-state index in [1.54, 1.807) is 12.3 Å². The summed E-state index contributed by atoms with van der Waals surface area (Å²) in [4.78, 5) is 11.5. The monoisotopic (exact) mass is 364 g/mol. The molecule has 0 amide bonds. The molecule has 0 fully saturated rings. The number of nitrogens with zero attached hydrogens (tertiary/aromatic N) is 2. The maximum Gasteiger partial charge on any atom is 0.312 e. The molecule has 0 bridgehead atoms. The third-order valence-electron chi connectivity index (χ3n) is 4.95. The fraction of sp³-hybridized carbons (Fsp3) is 0.409. The molecule has 2 heterocycles. The third-order valence-corrected chi connectivity index (χ3v) is 4.95. The Morgan fingerprint density at radius 2 is 2.07 bits per heavy atom. The number of benzene rings is 1. The molecule has 3 rings (SSSR count). The topological polar surface area (TPSA) is 72.3 Å². The highest BCUT2D eigenvalue weighted by molar-refractivity contribution is 5.75. The first kappa shape index (κ1) is 18.9. The zero-order valence-electron chi connectivity index (χ0n) is 16.0. The van der Waals surface area contributed by atoms with Gasteiger partial charge in [0, 0.05) is 16.7 Å². The van der Waals surface area contributed by atoms with Crippen LogP contribution in [0, 0.1) is 11.8 Å². The van der Waals surface area contributed by atoms with E-state index in [0.717, 1.165) is 30.8 Å². The zero-order valence-corrected chi connectivity index (χ0v) is 16.0. The molecule has 2 aromatic rings. The van der Waals surface area contributed by atoms with Crippen LogP contribution in [0.5, 0.6) is 5.75 Å². The second kappa shape index (κ2) is 7.79. The molecule has 0 aliphatic carbocycles. The smallest absolute Gasteiger partial charge is 0.312 e. The lowest BCUT2D eigenvalue weighted by Crippen LogP contribution is -2.26. The average Bonchev–Trinajstić information content (AvgIpc) is 2.64. The molecular formula is C22H24N2O3. The first-order chi connectivity index (χ1) is 12.9. The van der Waals surface area contributed by atoms with Gasteiger partial charge in [-0.3, -0.25) is 4.79 Å². The highest BCUT2D eigenvalue weighted by Gasteiger charge is 2.28. The van der Waals surface area contributed by atoms with E-state index < -0.39 is 11.9 Å². The van der Waals surface area contributed by atoms with Crippen molar-refractivity contribution in [3.8, 4) is 17.6 Å². The van der Waals surface area contributed by atoms with Gasteiger partial charge in [-0.2, -0.15) is 10.2 Å². The Morgan fingerprint density at radius 1 is 1.30 bits per heavy atom. The van der Waals surface area contributed by atoms with Crippen molar-refractivity contribution >= 4 is 5.97 Å². The number of hydrogen-bond donors (Lipinski definition) is 1. The summed E-state index contributed by atoms with van der Waals surface area (Å²) >= 11 is 0. The fourth-order valence-electron chi connectivity index (χ4n) is 3.27. The van der Waals surface area contributed by atoms with Gasteiger partial charge in [-0.15, -0.1) is 0 Å². The Labute approximate surface area is 159 Å². The normalized spacial score (nSPS) is 15.7. The van der Waals surface area contributed by atoms with E-state index in [0.29, 0.717) is 17.7 Å². The molecule has 1 N–H and O–H groups in total. The molecule has 0 spiro atoms. The minimum absolute atomic E-state index is 0.0610. The molecule has 1 unspecified atom stereocenters. The third kappa shape index (κ3) is 4.28. The summed E-state index contributed by atoms with van der Waals surface area (Å²) in [5, 5.41) is 17.3. The summed E-state index contributed by atoms with van der Waals surface area (Å²) in [7, 11) is 0. The van der Waals surface area contributed by atoms with Gasteiger partial charge in [-0.25, -0.2) is 0 Å². The predicted molar refractivity (Wildman–Crippen MR) is 103 cm³/mol. The molecule has 0 saturated carbocycles. The van der Waals surface area contributed by atoms with Crippen LogP contribution >= 0.6 is 0 Å². The Hall–Kier alpha value is -2.87. The highest BCUT2D eigenvalue weighted by Crippen LogP contribution is 2.38. The number of ether oxygens (including phenoxy) is 1. The van der Waals surface area contributed by atoms with Crippen molar-refractivity contribution in [2.24, 2.45) is 0 Å². The Balaban J connectivity index is 1.88. The van der Waals surface area contributed by atoms with E-state index in [9.17, 15) is 9.90 Å². The lowest BCUT2D eigenvalue weighted by molar-refractivity contribution is -0.139. The van der Waals surface area contributed by atoms with Crippen LogP contribution in [-0.4, -0.2) is 27.9 Å². The summed E-state index contributed by atoms with van der Waals surface area (Å²) in [6, 6.07) is 7.71. The van der Waals surface area contributed by atoms with Crippen molar-refractivity contribution in [1.82, 2.24) is 10.2 Å². The first-order valence-electron chi connectivity index (χ1n) is 9.25. The van der Waals surface area contributed by atoms with Gasteiger partial charge in [0.2, 0.25) is 0 Å².